The number of carboxylic acid groups (broad SMARTS) is 2. The lowest BCUT2D eigenvalue weighted by Crippen LogP contribution is -2.22. The van der Waals surface area contributed by atoms with Crippen molar-refractivity contribution in [1.82, 2.24) is 10.2 Å². The van der Waals surface area contributed by atoms with Crippen LogP contribution in [0.4, 0.5) is 0 Å². The van der Waals surface area contributed by atoms with Crippen LogP contribution in [-0.4, -0.2) is 32.3 Å². The molecule has 6 nitrogen and oxygen atoms in total. The van der Waals surface area contributed by atoms with Gasteiger partial charge in [-0.1, -0.05) is 24.9 Å². The molecule has 16 heavy (non-hydrogen) atoms. The van der Waals surface area contributed by atoms with E-state index in [0.717, 1.165) is 6.42 Å². The van der Waals surface area contributed by atoms with Crippen molar-refractivity contribution in [3.63, 3.8) is 0 Å². The van der Waals surface area contributed by atoms with E-state index < -0.39 is 17.9 Å². The van der Waals surface area contributed by atoms with Crippen LogP contribution < -0.4 is 0 Å². The summed E-state index contributed by atoms with van der Waals surface area (Å²) in [4.78, 5) is 21.7. The van der Waals surface area contributed by atoms with Crippen LogP contribution in [0.15, 0.2) is 0 Å². The van der Waals surface area contributed by atoms with Crippen LogP contribution in [0, 0.1) is 0 Å². The number of aromatic amines is 1. The third kappa shape index (κ3) is 2.33. The molecule has 0 saturated heterocycles. The maximum absolute atomic E-state index is 10.9. The second-order valence-corrected chi connectivity index (χ2v) is 3.62. The number of hydrogen-bond donors (Lipinski definition) is 3. The van der Waals surface area contributed by atoms with E-state index in [1.165, 1.54) is 0 Å². The van der Waals surface area contributed by atoms with Gasteiger partial charge in [0, 0.05) is 11.3 Å². The highest BCUT2D eigenvalue weighted by Crippen LogP contribution is 2.27. The zero-order chi connectivity index (χ0) is 12.3. The monoisotopic (exact) mass is 246 g/mol. The number of H-pyrrole nitrogens is 1. The first-order chi connectivity index (χ1) is 7.49. The van der Waals surface area contributed by atoms with Gasteiger partial charge < -0.3 is 10.2 Å². The molecular weight excluding hydrogens is 236 g/mol. The molecule has 1 aromatic rings. The molecule has 0 amide bonds. The molecule has 0 aromatic carbocycles. The van der Waals surface area contributed by atoms with E-state index in [-0.39, 0.29) is 10.7 Å². The summed E-state index contributed by atoms with van der Waals surface area (Å²) in [6, 6.07) is 0. The molecule has 1 aromatic heterocycles. The molecule has 0 radical (unpaired) electrons. The van der Waals surface area contributed by atoms with Crippen molar-refractivity contribution in [1.29, 1.82) is 0 Å². The summed E-state index contributed by atoms with van der Waals surface area (Å²) in [5.41, 5.74) is 0.505. The molecule has 1 heterocycles. The Morgan fingerprint density at radius 1 is 1.44 bits per heavy atom. The molecule has 0 unspecified atom stereocenters. The van der Waals surface area contributed by atoms with E-state index in [1.54, 1.807) is 0 Å². The minimum Gasteiger partial charge on any atom is -0.480 e. The number of aliphatic carboxylic acids is 2. The first kappa shape index (κ1) is 12.5. The second-order valence-electron chi connectivity index (χ2n) is 3.27. The molecule has 0 bridgehead atoms. The van der Waals surface area contributed by atoms with E-state index in [0.29, 0.717) is 12.1 Å². The van der Waals surface area contributed by atoms with Crippen molar-refractivity contribution >= 4 is 23.5 Å². The normalized spacial score (nSPS) is 10.7. The third-order valence-corrected chi connectivity index (χ3v) is 2.41. The molecule has 0 aliphatic carbocycles. The molecule has 0 spiro atoms. The topological polar surface area (TPSA) is 103 Å². The molecule has 0 aliphatic rings. The minimum absolute atomic E-state index is 0.0449. The van der Waals surface area contributed by atoms with Gasteiger partial charge in [0.25, 0.3) is 0 Å². The van der Waals surface area contributed by atoms with Gasteiger partial charge in [-0.2, -0.15) is 5.10 Å². The highest BCUT2D eigenvalue weighted by molar-refractivity contribution is 6.31. The van der Waals surface area contributed by atoms with Crippen molar-refractivity contribution in [3.05, 3.63) is 16.4 Å². The van der Waals surface area contributed by atoms with Crippen LogP contribution in [0.2, 0.25) is 5.15 Å². The average Bonchev–Trinajstić information content (AvgIpc) is 2.50. The molecular formula is C9H11ClN2O4. The number of halogens is 1. The van der Waals surface area contributed by atoms with E-state index >= 15 is 0 Å². The van der Waals surface area contributed by atoms with Crippen LogP contribution in [0.1, 0.15) is 30.5 Å². The van der Waals surface area contributed by atoms with Gasteiger partial charge in [0.05, 0.1) is 0 Å². The SMILES string of the molecule is CCCc1[nH]nc(Cl)c1C(C(=O)O)C(=O)O. The number of hydrogen-bond acceptors (Lipinski definition) is 3. The molecule has 0 fully saturated rings. The van der Waals surface area contributed by atoms with Gasteiger partial charge in [-0.05, 0) is 6.42 Å². The van der Waals surface area contributed by atoms with Crippen LogP contribution in [0.3, 0.4) is 0 Å². The van der Waals surface area contributed by atoms with Crippen LogP contribution in [0.5, 0.6) is 0 Å². The lowest BCUT2D eigenvalue weighted by Gasteiger charge is -2.08. The van der Waals surface area contributed by atoms with Crippen LogP contribution >= 0.6 is 11.6 Å². The van der Waals surface area contributed by atoms with Gasteiger partial charge in [0.1, 0.15) is 0 Å². The number of aryl methyl sites for hydroxylation is 1. The zero-order valence-corrected chi connectivity index (χ0v) is 9.28. The summed E-state index contributed by atoms with van der Waals surface area (Å²) >= 11 is 5.69. The number of nitrogens with zero attached hydrogens (tertiary/aromatic N) is 1. The summed E-state index contributed by atoms with van der Waals surface area (Å²) in [5.74, 6) is -4.57. The Morgan fingerprint density at radius 2 is 2.00 bits per heavy atom. The van der Waals surface area contributed by atoms with E-state index in [9.17, 15) is 9.59 Å². The first-order valence-electron chi connectivity index (χ1n) is 4.67. The maximum Gasteiger partial charge on any atom is 0.322 e. The molecule has 88 valence electrons. The molecule has 7 heteroatoms. The Bertz CT molecular complexity index is 402. The predicted octanol–water partition coefficient (Wildman–Crippen LogP) is 1.27. The molecule has 0 saturated carbocycles. The molecule has 1 rings (SSSR count). The molecule has 0 atom stereocenters. The van der Waals surface area contributed by atoms with E-state index in [2.05, 4.69) is 10.2 Å². The molecule has 0 aliphatic heterocycles. The fourth-order valence-corrected chi connectivity index (χ4v) is 1.71. The van der Waals surface area contributed by atoms with Crippen molar-refractivity contribution in [2.75, 3.05) is 0 Å². The Hall–Kier alpha value is -1.56. The quantitative estimate of drug-likeness (QED) is 0.679. The van der Waals surface area contributed by atoms with Crippen molar-refractivity contribution < 1.29 is 19.8 Å². The fraction of sp³-hybridized carbons (Fsp3) is 0.444. The lowest BCUT2D eigenvalue weighted by atomic mass is 9.98. The summed E-state index contributed by atoms with van der Waals surface area (Å²) < 4.78 is 0. The van der Waals surface area contributed by atoms with Crippen LogP contribution in [-0.2, 0) is 16.0 Å². The lowest BCUT2D eigenvalue weighted by molar-refractivity contribution is -0.150. The van der Waals surface area contributed by atoms with Gasteiger partial charge in [-0.15, -0.1) is 0 Å². The van der Waals surface area contributed by atoms with E-state index in [1.807, 2.05) is 6.92 Å². The van der Waals surface area contributed by atoms with Gasteiger partial charge >= 0.3 is 11.9 Å². The van der Waals surface area contributed by atoms with Crippen molar-refractivity contribution in [2.24, 2.45) is 0 Å². The average molecular weight is 247 g/mol. The van der Waals surface area contributed by atoms with Crippen molar-refractivity contribution in [2.45, 2.75) is 25.7 Å². The largest absolute Gasteiger partial charge is 0.480 e. The first-order valence-corrected chi connectivity index (χ1v) is 5.05. The number of carboxylic acids is 2. The highest BCUT2D eigenvalue weighted by Gasteiger charge is 2.33. The number of rotatable bonds is 5. The van der Waals surface area contributed by atoms with Gasteiger partial charge in [-0.25, -0.2) is 0 Å². The van der Waals surface area contributed by atoms with Gasteiger partial charge in [0.15, 0.2) is 11.1 Å². The Balaban J connectivity index is 3.22. The predicted molar refractivity (Wildman–Crippen MR) is 55.6 cm³/mol. The van der Waals surface area contributed by atoms with Crippen LogP contribution in [0.25, 0.3) is 0 Å². The third-order valence-electron chi connectivity index (χ3n) is 2.12. The highest BCUT2D eigenvalue weighted by atomic mass is 35.5. The fourth-order valence-electron chi connectivity index (χ4n) is 1.45. The molecule has 3 N–H and O–H groups in total. The van der Waals surface area contributed by atoms with E-state index in [4.69, 9.17) is 21.8 Å². The zero-order valence-electron chi connectivity index (χ0n) is 8.53. The minimum atomic E-state index is -1.67. The van der Waals surface area contributed by atoms with Crippen molar-refractivity contribution in [3.8, 4) is 0 Å². The number of nitrogens with one attached hydrogen (secondary N) is 1. The van der Waals surface area contributed by atoms with Gasteiger partial charge in [0.2, 0.25) is 0 Å². The standard InChI is InChI=1S/C9H11ClN2O4/c1-2-3-4-5(7(10)12-11-4)6(8(13)14)9(15)16/h6H,2-3H2,1H3,(H,11,12)(H,13,14)(H,15,16). The summed E-state index contributed by atoms with van der Waals surface area (Å²) in [5, 5.41) is 23.8. The number of carbonyl (C=O) groups is 2. The smallest absolute Gasteiger partial charge is 0.322 e. The second kappa shape index (κ2) is 4.98. The Labute approximate surface area is 96.2 Å². The number of aromatic nitrogens is 2. The maximum atomic E-state index is 10.9. The Morgan fingerprint density at radius 3 is 2.44 bits per heavy atom. The summed E-state index contributed by atoms with van der Waals surface area (Å²) in [6.45, 7) is 1.88. The summed E-state index contributed by atoms with van der Waals surface area (Å²) in [6.07, 6.45) is 1.24. The summed E-state index contributed by atoms with van der Waals surface area (Å²) in [7, 11) is 0. The Kier molecular flexibility index (Phi) is 3.89. The van der Waals surface area contributed by atoms with Gasteiger partial charge in [-0.3, -0.25) is 14.7 Å².